The van der Waals surface area contributed by atoms with Gasteiger partial charge in [-0.15, -0.1) is 0 Å². The summed E-state index contributed by atoms with van der Waals surface area (Å²) >= 11 is 0. The minimum Gasteiger partial charge on any atom is -0.497 e. The van der Waals surface area contributed by atoms with Crippen LogP contribution in [0.1, 0.15) is 38.9 Å². The Bertz CT molecular complexity index is 2050. The van der Waals surface area contributed by atoms with Gasteiger partial charge in [0, 0.05) is 33.2 Å². The van der Waals surface area contributed by atoms with E-state index in [9.17, 15) is 0 Å². The summed E-state index contributed by atoms with van der Waals surface area (Å²) in [7, 11) is 0.364. The van der Waals surface area contributed by atoms with Crippen molar-refractivity contribution in [2.75, 3.05) is 14.2 Å². The third-order valence-electron chi connectivity index (χ3n) is 9.27. The average molecular weight is 667 g/mol. The number of ether oxygens (including phenoxy) is 3. The van der Waals surface area contributed by atoms with E-state index in [0.717, 1.165) is 27.6 Å². The zero-order chi connectivity index (χ0) is 34.2. The predicted molar refractivity (Wildman–Crippen MR) is 187 cm³/mol. The van der Waals surface area contributed by atoms with E-state index >= 15 is 13.2 Å². The molecule has 1 atom stereocenters. The molecule has 5 aromatic rings. The number of halogens is 3. The summed E-state index contributed by atoms with van der Waals surface area (Å²) in [5, 5.41) is 1.41. The molecule has 1 aliphatic heterocycles. The summed E-state index contributed by atoms with van der Waals surface area (Å²) in [6.45, 7) is 9.20. The second-order valence-corrected chi connectivity index (χ2v) is 18.0. The van der Waals surface area contributed by atoms with E-state index in [1.165, 1.54) is 0 Å². The molecule has 1 heterocycles. The van der Waals surface area contributed by atoms with Crippen LogP contribution in [0, 0.1) is 13.8 Å². The maximum Gasteiger partial charge on any atom is 0.425 e. The highest BCUT2D eigenvalue weighted by molar-refractivity contribution is 6.69. The van der Waals surface area contributed by atoms with E-state index < -0.39 is 25.7 Å². The van der Waals surface area contributed by atoms with Crippen LogP contribution < -0.4 is 14.2 Å². The Morgan fingerprint density at radius 1 is 0.708 bits per heavy atom. The van der Waals surface area contributed by atoms with Gasteiger partial charge in [0.05, 0.1) is 14.2 Å². The van der Waals surface area contributed by atoms with Gasteiger partial charge in [0.1, 0.15) is 17.2 Å². The van der Waals surface area contributed by atoms with Gasteiger partial charge in [0.25, 0.3) is 0 Å². The molecule has 1 aliphatic carbocycles. The molecule has 0 saturated carbocycles. The number of hydrogen-bond donors (Lipinski definition) is 0. The van der Waals surface area contributed by atoms with Crippen LogP contribution in [0.4, 0.5) is 13.2 Å². The van der Waals surface area contributed by atoms with Gasteiger partial charge in [0.15, 0.2) is 13.9 Å². The molecule has 0 radical (unpaired) electrons. The van der Waals surface area contributed by atoms with Crippen molar-refractivity contribution in [1.29, 1.82) is 0 Å². The third kappa shape index (κ3) is 4.76. The fourth-order valence-corrected chi connectivity index (χ4v) is 8.52. The monoisotopic (exact) mass is 666 g/mol. The first-order chi connectivity index (χ1) is 22.7. The van der Waals surface area contributed by atoms with Gasteiger partial charge in [-0.05, 0) is 86.4 Å². The van der Waals surface area contributed by atoms with E-state index in [-0.39, 0.29) is 11.1 Å². The highest BCUT2D eigenvalue weighted by atomic mass is 28.4. The maximum absolute atomic E-state index is 16.1. The molecule has 4 nitrogen and oxygen atoms in total. The Kier molecular flexibility index (Phi) is 7.34. The maximum atomic E-state index is 16.1. The average Bonchev–Trinajstić information content (AvgIpc) is 3.34. The first-order valence-corrected chi connectivity index (χ1v) is 19.3. The molecule has 7 rings (SSSR count). The Hall–Kier alpha value is -4.53. The zero-order valence-electron chi connectivity index (χ0n) is 28.0. The van der Waals surface area contributed by atoms with Crippen LogP contribution in [0.15, 0.2) is 91.0 Å². The number of alkyl halides is 3. The Labute approximate surface area is 279 Å². The van der Waals surface area contributed by atoms with Gasteiger partial charge in [0.2, 0.25) is 5.60 Å². The molecule has 0 aromatic heterocycles. The minimum atomic E-state index is -4.78. The van der Waals surface area contributed by atoms with E-state index in [2.05, 4.69) is 0 Å². The largest absolute Gasteiger partial charge is 0.497 e. The summed E-state index contributed by atoms with van der Waals surface area (Å²) in [6.07, 6.45) is -1.10. The van der Waals surface area contributed by atoms with E-state index in [1.807, 2.05) is 98.8 Å². The number of methoxy groups -OCH3 is 2. The lowest BCUT2D eigenvalue weighted by atomic mass is 9.79. The highest BCUT2D eigenvalue weighted by Crippen LogP contribution is 2.64. The van der Waals surface area contributed by atoms with Crippen molar-refractivity contribution in [1.82, 2.24) is 0 Å². The van der Waals surface area contributed by atoms with E-state index in [4.69, 9.17) is 18.6 Å². The molecule has 0 saturated heterocycles. The predicted octanol–water partition coefficient (Wildman–Crippen LogP) is 10.5. The summed E-state index contributed by atoms with van der Waals surface area (Å²) in [5.41, 5.74) is 1.03. The molecule has 2 aliphatic rings. The third-order valence-corrected chi connectivity index (χ3v) is 10.2. The fourth-order valence-electron chi connectivity index (χ4n) is 7.28. The molecule has 48 heavy (non-hydrogen) atoms. The van der Waals surface area contributed by atoms with Gasteiger partial charge in [-0.3, -0.25) is 0 Å². The van der Waals surface area contributed by atoms with Gasteiger partial charge in [-0.2, -0.15) is 13.2 Å². The number of benzene rings is 5. The van der Waals surface area contributed by atoms with E-state index in [0.29, 0.717) is 39.3 Å². The zero-order valence-corrected chi connectivity index (χ0v) is 29.0. The van der Waals surface area contributed by atoms with Crippen molar-refractivity contribution in [3.8, 4) is 28.4 Å². The molecule has 1 unspecified atom stereocenters. The molecule has 0 bridgehead atoms. The summed E-state index contributed by atoms with van der Waals surface area (Å²) in [6, 6.07) is 26.3. The van der Waals surface area contributed by atoms with Crippen LogP contribution >= 0.6 is 0 Å². The Morgan fingerprint density at radius 2 is 1.27 bits per heavy atom. The fraction of sp³-hybridized carbons (Fsp3) is 0.250. The molecule has 0 N–H and O–H groups in total. The van der Waals surface area contributed by atoms with Gasteiger partial charge in [-0.25, -0.2) is 0 Å². The number of aryl methyl sites for hydroxylation is 2. The Morgan fingerprint density at radius 3 is 1.81 bits per heavy atom. The summed E-state index contributed by atoms with van der Waals surface area (Å²) in [5.74, 6) is 1.72. The first-order valence-electron chi connectivity index (χ1n) is 15.9. The van der Waals surface area contributed by atoms with Gasteiger partial charge < -0.3 is 18.6 Å². The molecule has 0 spiro atoms. The quantitative estimate of drug-likeness (QED) is 0.169. The Balaban J connectivity index is 1.61. The topological polar surface area (TPSA) is 36.9 Å². The summed E-state index contributed by atoms with van der Waals surface area (Å²) in [4.78, 5) is 0. The molecule has 246 valence electrons. The number of fused-ring (bicyclic) bond motifs is 8. The van der Waals surface area contributed by atoms with Crippen molar-refractivity contribution >= 4 is 25.2 Å². The van der Waals surface area contributed by atoms with Gasteiger partial charge in [-0.1, -0.05) is 71.8 Å². The van der Waals surface area contributed by atoms with Crippen LogP contribution in [-0.4, -0.2) is 28.7 Å². The molecular formula is C40H37F3O4Si. The molecule has 5 aromatic carbocycles. The smallest absolute Gasteiger partial charge is 0.425 e. The normalized spacial score (nSPS) is 17.8. The van der Waals surface area contributed by atoms with Crippen LogP contribution in [0.3, 0.4) is 0 Å². The van der Waals surface area contributed by atoms with Crippen molar-refractivity contribution in [3.63, 3.8) is 0 Å². The second-order valence-electron chi connectivity index (χ2n) is 13.6. The second kappa shape index (κ2) is 11.0. The number of rotatable bonds is 6. The highest BCUT2D eigenvalue weighted by Gasteiger charge is 2.65. The molecule has 0 amide bonds. The van der Waals surface area contributed by atoms with Crippen molar-refractivity contribution in [3.05, 3.63) is 130 Å². The van der Waals surface area contributed by atoms with Crippen LogP contribution in [0.5, 0.6) is 17.2 Å². The summed E-state index contributed by atoms with van der Waals surface area (Å²) < 4.78 is 72.9. The standard InChI is InChI=1S/C40H37F3O4Si/c1-24-8-18-30-33(22-24)37-32(36-35(30)31-19-9-25(2)23-34(31)39(36,40(41,42)43)47-48(5,6)7)20-21-38(46-37,26-10-14-28(44-3)15-11-26)27-12-16-29(45-4)17-13-27/h8-23H,1-7H3. The van der Waals surface area contributed by atoms with Crippen LogP contribution in [-0.2, 0) is 15.6 Å². The molecule has 8 heteroatoms. The van der Waals surface area contributed by atoms with Gasteiger partial charge >= 0.3 is 6.18 Å². The molecule has 0 fully saturated rings. The lowest BCUT2D eigenvalue weighted by molar-refractivity contribution is -0.239. The van der Waals surface area contributed by atoms with Crippen LogP contribution in [0.2, 0.25) is 19.6 Å². The van der Waals surface area contributed by atoms with Crippen molar-refractivity contribution in [2.45, 2.75) is 50.9 Å². The van der Waals surface area contributed by atoms with Crippen molar-refractivity contribution in [2.24, 2.45) is 0 Å². The van der Waals surface area contributed by atoms with Crippen molar-refractivity contribution < 1.29 is 31.8 Å². The lowest BCUT2D eigenvalue weighted by Gasteiger charge is -2.42. The minimum absolute atomic E-state index is 0.0821. The van der Waals surface area contributed by atoms with E-state index in [1.54, 1.807) is 46.0 Å². The first kappa shape index (κ1) is 32.0. The lowest BCUT2D eigenvalue weighted by Crippen LogP contribution is -2.51. The SMILES string of the molecule is COc1ccc(C2(c3ccc(OC)cc3)C=Cc3c4c(c5ccc(C)cc5c3O2)-c2ccc(C)cc2C4(O[Si](C)(C)C)C(F)(F)F)cc1. The molecular weight excluding hydrogens is 630 g/mol. The van der Waals surface area contributed by atoms with Crippen LogP contribution in [0.25, 0.3) is 28.0 Å². The number of hydrogen-bond acceptors (Lipinski definition) is 4.